The van der Waals surface area contributed by atoms with Crippen LogP contribution in [-0.4, -0.2) is 30.6 Å². The van der Waals surface area contributed by atoms with Crippen molar-refractivity contribution in [2.75, 3.05) is 19.6 Å². The van der Waals surface area contributed by atoms with Crippen LogP contribution < -0.4 is 5.32 Å². The van der Waals surface area contributed by atoms with Crippen LogP contribution in [0.5, 0.6) is 0 Å². The van der Waals surface area contributed by atoms with Gasteiger partial charge in [0.15, 0.2) is 0 Å². The van der Waals surface area contributed by atoms with Crippen molar-refractivity contribution in [3.05, 3.63) is 35.1 Å². The highest BCUT2D eigenvalue weighted by molar-refractivity contribution is 5.37. The summed E-state index contributed by atoms with van der Waals surface area (Å²) in [5, 5.41) is 12.6. The lowest BCUT2D eigenvalue weighted by Crippen LogP contribution is -2.37. The molecule has 1 aromatic rings. The van der Waals surface area contributed by atoms with E-state index >= 15 is 0 Å². The summed E-state index contributed by atoms with van der Waals surface area (Å²) in [5.74, 6) is -0.343. The van der Waals surface area contributed by atoms with Crippen LogP contribution in [0.15, 0.2) is 18.2 Å². The molecule has 0 amide bonds. The number of nitrogens with one attached hydrogen (secondary N) is 1. The van der Waals surface area contributed by atoms with Gasteiger partial charge in [-0.25, -0.2) is 4.39 Å². The summed E-state index contributed by atoms with van der Waals surface area (Å²) in [5.41, 5.74) is 1.37. The third kappa shape index (κ3) is 4.03. The van der Waals surface area contributed by atoms with Crippen molar-refractivity contribution in [1.82, 2.24) is 10.2 Å². The van der Waals surface area contributed by atoms with Gasteiger partial charge in [0.1, 0.15) is 5.82 Å². The molecule has 2 rings (SSSR count). The monoisotopic (exact) mass is 275 g/mol. The number of benzene rings is 1. The molecular formula is C16H22FN3. The Morgan fingerprint density at radius 2 is 2.35 bits per heavy atom. The van der Waals surface area contributed by atoms with Gasteiger partial charge in [0.2, 0.25) is 0 Å². The molecule has 0 bridgehead atoms. The quantitative estimate of drug-likeness (QED) is 0.867. The molecule has 1 fully saturated rings. The van der Waals surface area contributed by atoms with E-state index in [1.165, 1.54) is 25.0 Å². The summed E-state index contributed by atoms with van der Waals surface area (Å²) < 4.78 is 13.2. The van der Waals surface area contributed by atoms with Crippen molar-refractivity contribution in [3.63, 3.8) is 0 Å². The zero-order valence-electron chi connectivity index (χ0n) is 12.0. The van der Waals surface area contributed by atoms with Crippen molar-refractivity contribution in [2.24, 2.45) is 0 Å². The van der Waals surface area contributed by atoms with Gasteiger partial charge in [-0.1, -0.05) is 13.0 Å². The molecular weight excluding hydrogens is 253 g/mol. The Labute approximate surface area is 120 Å². The summed E-state index contributed by atoms with van der Waals surface area (Å²) in [6.07, 6.45) is 3.54. The molecule has 1 atom stereocenters. The SMILES string of the molecule is CCCN(Cc1ccc(F)cc1C#N)CC1CCCN1. The summed E-state index contributed by atoms with van der Waals surface area (Å²) in [6.45, 7) is 5.97. The first-order valence-electron chi connectivity index (χ1n) is 7.37. The van der Waals surface area contributed by atoms with E-state index in [2.05, 4.69) is 23.2 Å². The average molecular weight is 275 g/mol. The predicted octanol–water partition coefficient (Wildman–Crippen LogP) is 2.66. The third-order valence-electron chi connectivity index (χ3n) is 3.77. The Morgan fingerprint density at radius 1 is 1.50 bits per heavy atom. The van der Waals surface area contributed by atoms with Crippen LogP contribution >= 0.6 is 0 Å². The zero-order valence-corrected chi connectivity index (χ0v) is 12.0. The molecule has 0 radical (unpaired) electrons. The predicted molar refractivity (Wildman–Crippen MR) is 77.7 cm³/mol. The highest BCUT2D eigenvalue weighted by Crippen LogP contribution is 2.15. The van der Waals surface area contributed by atoms with Crippen LogP contribution in [0.25, 0.3) is 0 Å². The first kappa shape index (κ1) is 15.0. The van der Waals surface area contributed by atoms with Gasteiger partial charge >= 0.3 is 0 Å². The highest BCUT2D eigenvalue weighted by Gasteiger charge is 2.18. The van der Waals surface area contributed by atoms with E-state index < -0.39 is 0 Å². The molecule has 0 aromatic heterocycles. The Balaban J connectivity index is 2.05. The van der Waals surface area contributed by atoms with E-state index in [1.807, 2.05) is 0 Å². The maximum atomic E-state index is 13.2. The van der Waals surface area contributed by atoms with Crippen molar-refractivity contribution in [2.45, 2.75) is 38.8 Å². The van der Waals surface area contributed by atoms with Gasteiger partial charge in [-0.3, -0.25) is 4.90 Å². The zero-order chi connectivity index (χ0) is 14.4. The summed E-state index contributed by atoms with van der Waals surface area (Å²) in [7, 11) is 0. The molecule has 4 heteroatoms. The van der Waals surface area contributed by atoms with Crippen molar-refractivity contribution < 1.29 is 4.39 Å². The Kier molecular flexibility index (Phi) is 5.51. The number of nitriles is 1. The number of hydrogen-bond acceptors (Lipinski definition) is 3. The van der Waals surface area contributed by atoms with E-state index in [1.54, 1.807) is 6.07 Å². The van der Waals surface area contributed by atoms with E-state index in [9.17, 15) is 4.39 Å². The number of hydrogen-bond donors (Lipinski definition) is 1. The van der Waals surface area contributed by atoms with Crippen molar-refractivity contribution in [1.29, 1.82) is 5.26 Å². The minimum absolute atomic E-state index is 0.343. The fourth-order valence-corrected chi connectivity index (χ4v) is 2.81. The van der Waals surface area contributed by atoms with Gasteiger partial charge < -0.3 is 5.32 Å². The summed E-state index contributed by atoms with van der Waals surface area (Å²) >= 11 is 0. The average Bonchev–Trinajstić information content (AvgIpc) is 2.94. The summed E-state index contributed by atoms with van der Waals surface area (Å²) in [4.78, 5) is 2.36. The normalized spacial score (nSPS) is 18.4. The van der Waals surface area contributed by atoms with Crippen LogP contribution in [-0.2, 0) is 6.54 Å². The molecule has 1 aromatic carbocycles. The van der Waals surface area contributed by atoms with Gasteiger partial charge in [0.25, 0.3) is 0 Å². The number of rotatable bonds is 6. The lowest BCUT2D eigenvalue weighted by atomic mass is 10.1. The lowest BCUT2D eigenvalue weighted by molar-refractivity contribution is 0.241. The maximum absolute atomic E-state index is 13.2. The fraction of sp³-hybridized carbons (Fsp3) is 0.562. The van der Waals surface area contributed by atoms with Crippen LogP contribution in [0.1, 0.15) is 37.3 Å². The third-order valence-corrected chi connectivity index (χ3v) is 3.77. The Hall–Kier alpha value is -1.44. The molecule has 20 heavy (non-hydrogen) atoms. The molecule has 108 valence electrons. The molecule has 0 aliphatic carbocycles. The minimum atomic E-state index is -0.343. The second-order valence-electron chi connectivity index (χ2n) is 5.44. The van der Waals surface area contributed by atoms with Crippen LogP contribution in [0.2, 0.25) is 0 Å². The molecule has 1 unspecified atom stereocenters. The molecule has 0 saturated carbocycles. The first-order valence-corrected chi connectivity index (χ1v) is 7.37. The number of halogens is 1. The lowest BCUT2D eigenvalue weighted by Gasteiger charge is -2.25. The topological polar surface area (TPSA) is 39.1 Å². The van der Waals surface area contributed by atoms with Gasteiger partial charge in [-0.05, 0) is 50.0 Å². The van der Waals surface area contributed by atoms with Crippen LogP contribution in [0.3, 0.4) is 0 Å². The molecule has 1 aliphatic rings. The second-order valence-corrected chi connectivity index (χ2v) is 5.44. The van der Waals surface area contributed by atoms with Crippen LogP contribution in [0.4, 0.5) is 4.39 Å². The first-order chi connectivity index (χ1) is 9.72. The highest BCUT2D eigenvalue weighted by atomic mass is 19.1. The smallest absolute Gasteiger partial charge is 0.124 e. The number of nitrogens with zero attached hydrogens (tertiary/aromatic N) is 2. The largest absolute Gasteiger partial charge is 0.313 e. The van der Waals surface area contributed by atoms with E-state index in [0.717, 1.165) is 38.2 Å². The van der Waals surface area contributed by atoms with Crippen LogP contribution in [0, 0.1) is 17.1 Å². The standard InChI is InChI=1S/C16H22FN3/c1-2-8-20(12-16-4-3-7-19-16)11-13-5-6-15(17)9-14(13)10-18/h5-6,9,16,19H,2-4,7-8,11-12H2,1H3. The molecule has 1 saturated heterocycles. The maximum Gasteiger partial charge on any atom is 0.124 e. The van der Waals surface area contributed by atoms with E-state index in [-0.39, 0.29) is 5.82 Å². The second kappa shape index (κ2) is 7.37. The minimum Gasteiger partial charge on any atom is -0.313 e. The molecule has 1 N–H and O–H groups in total. The molecule has 3 nitrogen and oxygen atoms in total. The van der Waals surface area contributed by atoms with Crippen molar-refractivity contribution in [3.8, 4) is 6.07 Å². The van der Waals surface area contributed by atoms with Crippen molar-refractivity contribution >= 4 is 0 Å². The van der Waals surface area contributed by atoms with Gasteiger partial charge in [0.05, 0.1) is 11.6 Å². The molecule has 1 heterocycles. The molecule has 1 aliphatic heterocycles. The Morgan fingerprint density at radius 3 is 3.00 bits per heavy atom. The molecule has 0 spiro atoms. The van der Waals surface area contributed by atoms with Gasteiger partial charge in [-0.2, -0.15) is 5.26 Å². The Bertz CT molecular complexity index is 475. The fourth-order valence-electron chi connectivity index (χ4n) is 2.81. The van der Waals surface area contributed by atoms with Gasteiger partial charge in [-0.15, -0.1) is 0 Å². The van der Waals surface area contributed by atoms with E-state index in [0.29, 0.717) is 11.6 Å². The van der Waals surface area contributed by atoms with E-state index in [4.69, 9.17) is 5.26 Å². The summed E-state index contributed by atoms with van der Waals surface area (Å²) in [6, 6.07) is 7.14. The van der Waals surface area contributed by atoms with Gasteiger partial charge in [0, 0.05) is 19.1 Å².